The van der Waals surface area contributed by atoms with Crippen LogP contribution < -0.4 is 46.8 Å². The molecule has 0 bridgehead atoms. The summed E-state index contributed by atoms with van der Waals surface area (Å²) in [6.07, 6.45) is 0. The number of nitrogens with zero attached hydrogens (tertiary/aromatic N) is 2. The number of para-hydroxylation sites is 5. The molecule has 10 aromatic carbocycles. The Morgan fingerprint density at radius 1 is 0.400 bits per heavy atom. The van der Waals surface area contributed by atoms with Gasteiger partial charge in [-0.25, -0.2) is 0 Å². The molecule has 0 saturated carbocycles. The van der Waals surface area contributed by atoms with E-state index >= 15 is 0 Å². The van der Waals surface area contributed by atoms with Crippen LogP contribution >= 0.6 is 0 Å². The first-order valence-electron chi connectivity index (χ1n) is 22.5. The van der Waals surface area contributed by atoms with Gasteiger partial charge >= 0.3 is 0 Å². The third-order valence-corrected chi connectivity index (χ3v) is 18.2. The van der Waals surface area contributed by atoms with Crippen molar-refractivity contribution in [3.05, 3.63) is 255 Å². The fourth-order valence-corrected chi connectivity index (χ4v) is 15.6. The van der Waals surface area contributed by atoms with E-state index in [1.807, 2.05) is 0 Å². The molecule has 0 unspecified atom stereocenters. The van der Waals surface area contributed by atoms with Gasteiger partial charge in [-0.1, -0.05) is 187 Å². The van der Waals surface area contributed by atoms with Crippen molar-refractivity contribution < 1.29 is 0 Å². The summed E-state index contributed by atoms with van der Waals surface area (Å²) < 4.78 is 0. The van der Waals surface area contributed by atoms with E-state index in [4.69, 9.17) is 0 Å². The van der Waals surface area contributed by atoms with Crippen LogP contribution in [-0.4, -0.2) is 15.4 Å². The van der Waals surface area contributed by atoms with Gasteiger partial charge in [-0.2, -0.15) is 0 Å². The van der Waals surface area contributed by atoms with Crippen LogP contribution in [0.3, 0.4) is 0 Å². The van der Waals surface area contributed by atoms with Crippen molar-refractivity contribution in [3.63, 3.8) is 0 Å². The van der Waals surface area contributed by atoms with Gasteiger partial charge in [-0.05, 0) is 116 Å². The molecule has 2 heterocycles. The van der Waals surface area contributed by atoms with Crippen molar-refractivity contribution in [1.82, 2.24) is 0 Å². The average Bonchev–Trinajstić information content (AvgIpc) is 3.38. The van der Waals surface area contributed by atoms with E-state index in [1.165, 1.54) is 76.7 Å². The van der Waals surface area contributed by atoms with Gasteiger partial charge in [0.15, 0.2) is 15.4 Å². The fourth-order valence-electron chi connectivity index (χ4n) is 10.5. The van der Waals surface area contributed by atoms with Crippen LogP contribution in [-0.2, 0) is 0 Å². The summed E-state index contributed by atoms with van der Waals surface area (Å²) in [7, 11) is -2.09. The van der Waals surface area contributed by atoms with E-state index in [9.17, 15) is 0 Å². The highest BCUT2D eigenvalue weighted by atomic mass is 28.3. The lowest BCUT2D eigenvalue weighted by atomic mass is 9.57. The molecule has 0 aromatic heterocycles. The van der Waals surface area contributed by atoms with Crippen molar-refractivity contribution in [1.29, 1.82) is 0 Å². The van der Waals surface area contributed by atoms with Crippen molar-refractivity contribution in [3.8, 4) is 22.3 Å². The highest BCUT2D eigenvalue weighted by Crippen LogP contribution is 2.43. The van der Waals surface area contributed by atoms with Crippen molar-refractivity contribution >= 4 is 92.5 Å². The Hall–Kier alpha value is -8.12. The molecule has 10 aromatic rings. The lowest BCUT2D eigenvalue weighted by Gasteiger charge is -2.41. The smallest absolute Gasteiger partial charge is 0.198 e. The molecule has 0 amide bonds. The van der Waals surface area contributed by atoms with Gasteiger partial charge in [0, 0.05) is 51.1 Å². The first-order valence-corrected chi connectivity index (χ1v) is 24.5. The number of nitrogens with one attached hydrogen (secondary N) is 1. The zero-order chi connectivity index (χ0) is 43.2. The molecule has 0 spiro atoms. The maximum absolute atomic E-state index is 4.10. The Balaban J connectivity index is 1.13. The SMILES string of the molecule is B1c2cc(N(c3ccccc3)c3ccccc3)ccc2N(c2ccccc2)c2cc(-c3ccccc3)cc(-c3cccc4c3Nc3ccccc3[Si]4(c3ccccc3)c3ccccc3)c21. The van der Waals surface area contributed by atoms with Gasteiger partial charge < -0.3 is 15.1 Å². The molecule has 1 N–H and O–H groups in total. The van der Waals surface area contributed by atoms with Gasteiger partial charge in [0.2, 0.25) is 0 Å². The molecule has 12 rings (SSSR count). The quantitative estimate of drug-likeness (QED) is 0.154. The Morgan fingerprint density at radius 2 is 0.954 bits per heavy atom. The summed E-state index contributed by atoms with van der Waals surface area (Å²) in [5, 5.41) is 9.59. The van der Waals surface area contributed by atoms with E-state index in [0.717, 1.165) is 30.0 Å². The average molecular weight is 846 g/mol. The Labute approximate surface area is 382 Å². The Kier molecular flexibility index (Phi) is 9.62. The van der Waals surface area contributed by atoms with Crippen LogP contribution in [0, 0.1) is 0 Å². The van der Waals surface area contributed by atoms with E-state index in [1.54, 1.807) is 0 Å². The highest BCUT2D eigenvalue weighted by molar-refractivity contribution is 7.21. The van der Waals surface area contributed by atoms with E-state index < -0.39 is 8.07 Å². The van der Waals surface area contributed by atoms with Crippen molar-refractivity contribution in [2.24, 2.45) is 0 Å². The third kappa shape index (κ3) is 6.51. The maximum Gasteiger partial charge on any atom is 0.198 e. The second-order valence-corrected chi connectivity index (χ2v) is 20.7. The number of anilines is 8. The Morgan fingerprint density at radius 3 is 1.60 bits per heavy atom. The zero-order valence-electron chi connectivity index (χ0n) is 35.9. The van der Waals surface area contributed by atoms with Crippen LogP contribution in [0.25, 0.3) is 22.3 Å². The predicted molar refractivity (Wildman–Crippen MR) is 280 cm³/mol. The molecule has 2 aliphatic heterocycles. The van der Waals surface area contributed by atoms with Crippen LogP contribution in [0.5, 0.6) is 0 Å². The number of benzene rings is 10. The normalized spacial score (nSPS) is 13.0. The summed E-state index contributed by atoms with van der Waals surface area (Å²) in [5.41, 5.74) is 16.6. The van der Waals surface area contributed by atoms with E-state index in [-0.39, 0.29) is 0 Å². The number of fused-ring (bicyclic) bond motifs is 4. The summed E-state index contributed by atoms with van der Waals surface area (Å²) in [6, 6.07) is 93.7. The molecular formula is C60H44BN3Si. The largest absolute Gasteiger partial charge is 0.355 e. The summed E-state index contributed by atoms with van der Waals surface area (Å²) in [4.78, 5) is 4.86. The zero-order valence-corrected chi connectivity index (χ0v) is 36.9. The second kappa shape index (κ2) is 16.2. The van der Waals surface area contributed by atoms with E-state index in [2.05, 4.69) is 270 Å². The molecule has 5 heteroatoms. The molecule has 0 aliphatic carbocycles. The molecule has 0 atom stereocenters. The van der Waals surface area contributed by atoms with Crippen LogP contribution in [0.15, 0.2) is 255 Å². The van der Waals surface area contributed by atoms with Crippen LogP contribution in [0.2, 0.25) is 0 Å². The number of hydrogen-bond acceptors (Lipinski definition) is 3. The first kappa shape index (κ1) is 38.5. The molecular weight excluding hydrogens is 802 g/mol. The summed E-state index contributed by atoms with van der Waals surface area (Å²) >= 11 is 0. The molecule has 306 valence electrons. The van der Waals surface area contributed by atoms with Crippen molar-refractivity contribution in [2.45, 2.75) is 0 Å². The summed E-state index contributed by atoms with van der Waals surface area (Å²) in [6.45, 7) is 0. The minimum Gasteiger partial charge on any atom is -0.355 e. The van der Waals surface area contributed by atoms with Gasteiger partial charge in [0.05, 0.1) is 0 Å². The molecule has 2 aliphatic rings. The van der Waals surface area contributed by atoms with Gasteiger partial charge in [0.25, 0.3) is 0 Å². The first-order chi connectivity index (χ1) is 32.3. The molecule has 0 saturated heterocycles. The molecule has 0 fully saturated rings. The standard InChI is InChI=1S/C60H44BN3Si/c1-7-22-43(23-8-1)44-40-52(51-34-21-37-58-60(51)62-54-35-19-20-36-57(54)65(58,49-30-15-5-16-31-49)50-32-17-6-18-33-50)59-56(41-44)64(47-28-13-4-14-29-47)55-39-38-48(42-53(55)61-59)63(45-24-9-2-10-25-45)46-26-11-3-12-27-46/h1-42,61-62H. The fraction of sp³-hybridized carbons (Fsp3) is 0. The lowest BCUT2D eigenvalue weighted by Crippen LogP contribution is -2.76. The predicted octanol–water partition coefficient (Wildman–Crippen LogP) is 11.1. The van der Waals surface area contributed by atoms with Crippen molar-refractivity contribution in [2.75, 3.05) is 15.1 Å². The molecule has 3 nitrogen and oxygen atoms in total. The van der Waals surface area contributed by atoms with Gasteiger partial charge in [0.1, 0.15) is 0 Å². The topological polar surface area (TPSA) is 18.5 Å². The minimum absolute atomic E-state index is 0.754. The third-order valence-electron chi connectivity index (χ3n) is 13.3. The second-order valence-electron chi connectivity index (χ2n) is 16.9. The maximum atomic E-state index is 4.10. The molecule has 0 radical (unpaired) electrons. The number of rotatable bonds is 8. The lowest BCUT2D eigenvalue weighted by molar-refractivity contribution is 1.26. The van der Waals surface area contributed by atoms with E-state index in [0.29, 0.717) is 0 Å². The number of hydrogen-bond donors (Lipinski definition) is 1. The monoisotopic (exact) mass is 845 g/mol. The van der Waals surface area contributed by atoms with Crippen LogP contribution in [0.4, 0.5) is 45.5 Å². The summed E-state index contributed by atoms with van der Waals surface area (Å²) in [5.74, 6) is 0. The van der Waals surface area contributed by atoms with Crippen LogP contribution in [0.1, 0.15) is 0 Å². The Bertz CT molecular complexity index is 3230. The van der Waals surface area contributed by atoms with Gasteiger partial charge in [-0.3, -0.25) is 0 Å². The van der Waals surface area contributed by atoms with Gasteiger partial charge in [-0.15, -0.1) is 0 Å². The highest BCUT2D eigenvalue weighted by Gasteiger charge is 2.47. The minimum atomic E-state index is -2.84. The molecule has 65 heavy (non-hydrogen) atoms.